The Labute approximate surface area is 135 Å². The quantitative estimate of drug-likeness (QED) is 0.891. The van der Waals surface area contributed by atoms with Gasteiger partial charge in [-0.2, -0.15) is 18.3 Å². The highest BCUT2D eigenvalue weighted by molar-refractivity contribution is 6.33. The fraction of sp³-hybridized carbons (Fsp3) is 0.267. The van der Waals surface area contributed by atoms with Crippen molar-refractivity contribution in [2.24, 2.45) is 0 Å². The molecule has 4 nitrogen and oxygen atoms in total. The molecule has 2 rings (SSSR count). The molecule has 0 atom stereocenters. The van der Waals surface area contributed by atoms with Crippen molar-refractivity contribution in [2.45, 2.75) is 25.9 Å². The third-order valence-electron chi connectivity index (χ3n) is 3.05. The minimum atomic E-state index is -4.53. The van der Waals surface area contributed by atoms with Crippen LogP contribution >= 0.6 is 11.6 Å². The van der Waals surface area contributed by atoms with Crippen LogP contribution in [0.5, 0.6) is 0 Å². The van der Waals surface area contributed by atoms with Crippen LogP contribution in [0.15, 0.2) is 30.3 Å². The summed E-state index contributed by atoms with van der Waals surface area (Å²) in [5, 5.41) is 9.98. The summed E-state index contributed by atoms with van der Waals surface area (Å²) in [6.07, 6.45) is -4.53. The predicted molar refractivity (Wildman–Crippen MR) is 80.5 cm³/mol. The summed E-state index contributed by atoms with van der Waals surface area (Å²) in [5.74, 6) is -0.536. The number of rotatable bonds is 3. The van der Waals surface area contributed by atoms with Crippen molar-refractivity contribution in [1.29, 1.82) is 0 Å². The zero-order valence-electron chi connectivity index (χ0n) is 12.3. The molecule has 0 aliphatic heterocycles. The number of aromatic nitrogens is 2. The van der Waals surface area contributed by atoms with Crippen molar-refractivity contribution in [1.82, 2.24) is 10.2 Å². The molecule has 0 radical (unpaired) electrons. The van der Waals surface area contributed by atoms with Crippen LogP contribution in [0.2, 0.25) is 5.02 Å². The van der Waals surface area contributed by atoms with Crippen LogP contribution in [0, 0.1) is 0 Å². The lowest BCUT2D eigenvalue weighted by atomic mass is 10.1. The van der Waals surface area contributed by atoms with Crippen molar-refractivity contribution in [3.05, 3.63) is 52.3 Å². The Balaban J connectivity index is 2.23. The number of hydrogen-bond donors (Lipinski definition) is 1. The van der Waals surface area contributed by atoms with Gasteiger partial charge in [0, 0.05) is 0 Å². The van der Waals surface area contributed by atoms with Gasteiger partial charge in [-0.3, -0.25) is 4.79 Å². The second-order valence-corrected chi connectivity index (χ2v) is 5.55. The van der Waals surface area contributed by atoms with Gasteiger partial charge in [0.15, 0.2) is 5.69 Å². The molecule has 0 saturated carbocycles. The third-order valence-corrected chi connectivity index (χ3v) is 3.38. The first-order chi connectivity index (χ1) is 10.7. The highest BCUT2D eigenvalue weighted by atomic mass is 35.5. The van der Waals surface area contributed by atoms with Gasteiger partial charge in [0.25, 0.3) is 5.91 Å². The Morgan fingerprint density at radius 1 is 1.17 bits per heavy atom. The average Bonchev–Trinajstić information content (AvgIpc) is 2.48. The zero-order valence-corrected chi connectivity index (χ0v) is 13.0. The molecule has 2 aromatic rings. The fourth-order valence-corrected chi connectivity index (χ4v) is 1.92. The number of hydrogen-bond acceptors (Lipinski definition) is 3. The summed E-state index contributed by atoms with van der Waals surface area (Å²) in [7, 11) is 0. The van der Waals surface area contributed by atoms with Crippen molar-refractivity contribution in [2.75, 3.05) is 5.32 Å². The summed E-state index contributed by atoms with van der Waals surface area (Å²) >= 11 is 5.83. The number of nitrogens with one attached hydrogen (secondary N) is 1. The third kappa shape index (κ3) is 4.19. The second-order valence-electron chi connectivity index (χ2n) is 5.14. The van der Waals surface area contributed by atoms with Crippen LogP contribution in [0.25, 0.3) is 0 Å². The molecule has 1 heterocycles. The molecule has 1 N–H and O–H groups in total. The molecule has 0 aliphatic carbocycles. The van der Waals surface area contributed by atoms with Gasteiger partial charge in [0.2, 0.25) is 0 Å². The Kier molecular flexibility index (Phi) is 4.89. The van der Waals surface area contributed by atoms with E-state index in [2.05, 4.69) is 15.5 Å². The molecule has 1 aromatic carbocycles. The number of anilines is 1. The van der Waals surface area contributed by atoms with Gasteiger partial charge in [-0.05, 0) is 36.2 Å². The van der Waals surface area contributed by atoms with Crippen molar-refractivity contribution >= 4 is 23.2 Å². The van der Waals surface area contributed by atoms with Crippen LogP contribution in [-0.4, -0.2) is 16.1 Å². The largest absolute Gasteiger partial charge is 0.416 e. The van der Waals surface area contributed by atoms with Crippen LogP contribution < -0.4 is 5.32 Å². The van der Waals surface area contributed by atoms with E-state index in [4.69, 9.17) is 11.6 Å². The molecule has 0 saturated heterocycles. The molecular weight excluding hydrogens is 331 g/mol. The first-order valence-electron chi connectivity index (χ1n) is 6.70. The molecule has 0 fully saturated rings. The van der Waals surface area contributed by atoms with E-state index < -0.39 is 17.6 Å². The maximum atomic E-state index is 12.7. The number of benzene rings is 1. The minimum absolute atomic E-state index is 0.00175. The van der Waals surface area contributed by atoms with E-state index in [9.17, 15) is 18.0 Å². The van der Waals surface area contributed by atoms with E-state index in [0.717, 1.165) is 18.2 Å². The Morgan fingerprint density at radius 2 is 1.87 bits per heavy atom. The highest BCUT2D eigenvalue weighted by Gasteiger charge is 2.31. The molecule has 23 heavy (non-hydrogen) atoms. The Hall–Kier alpha value is -2.15. The van der Waals surface area contributed by atoms with Gasteiger partial charge in [-0.25, -0.2) is 0 Å². The number of halogens is 4. The van der Waals surface area contributed by atoms with E-state index in [1.54, 1.807) is 6.07 Å². The van der Waals surface area contributed by atoms with Crippen molar-refractivity contribution in [3.63, 3.8) is 0 Å². The molecule has 122 valence electrons. The lowest BCUT2D eigenvalue weighted by Crippen LogP contribution is -2.16. The van der Waals surface area contributed by atoms with Gasteiger partial charge in [-0.15, -0.1) is 5.10 Å². The van der Waals surface area contributed by atoms with E-state index in [1.165, 1.54) is 6.07 Å². The molecule has 0 unspecified atom stereocenters. The topological polar surface area (TPSA) is 54.9 Å². The van der Waals surface area contributed by atoms with Gasteiger partial charge in [0.1, 0.15) is 0 Å². The average molecular weight is 344 g/mol. The summed E-state index contributed by atoms with van der Waals surface area (Å²) in [6.45, 7) is 3.85. The SMILES string of the molecule is CC(C)c1ccc(C(=O)Nc2cc(C(F)(F)F)ccc2Cl)nn1. The number of nitrogens with zero attached hydrogens (tertiary/aromatic N) is 2. The standard InChI is InChI=1S/C15H13ClF3N3O/c1-8(2)11-5-6-12(22-21-11)14(23)20-13-7-9(15(17,18)19)3-4-10(13)16/h3-8H,1-2H3,(H,20,23). The fourth-order valence-electron chi connectivity index (χ4n) is 1.76. The van der Waals surface area contributed by atoms with Crippen molar-refractivity contribution in [3.8, 4) is 0 Å². The minimum Gasteiger partial charge on any atom is -0.319 e. The van der Waals surface area contributed by atoms with Crippen molar-refractivity contribution < 1.29 is 18.0 Å². The number of alkyl halides is 3. The van der Waals surface area contributed by atoms with Crippen LogP contribution in [0.1, 0.15) is 41.5 Å². The highest BCUT2D eigenvalue weighted by Crippen LogP contribution is 2.33. The van der Waals surface area contributed by atoms with Crippen LogP contribution in [-0.2, 0) is 6.18 Å². The molecule has 0 aliphatic rings. The van der Waals surface area contributed by atoms with E-state index in [0.29, 0.717) is 5.69 Å². The van der Waals surface area contributed by atoms with Crippen LogP contribution in [0.4, 0.5) is 18.9 Å². The molecular formula is C15H13ClF3N3O. The summed E-state index contributed by atoms with van der Waals surface area (Å²) in [6, 6.07) is 5.79. The Bertz CT molecular complexity index is 715. The number of amides is 1. The Morgan fingerprint density at radius 3 is 2.39 bits per heavy atom. The summed E-state index contributed by atoms with van der Waals surface area (Å²) in [4.78, 5) is 12.1. The van der Waals surface area contributed by atoms with E-state index >= 15 is 0 Å². The second kappa shape index (κ2) is 6.54. The first kappa shape index (κ1) is 17.2. The normalized spacial score (nSPS) is 11.6. The zero-order chi connectivity index (χ0) is 17.2. The number of carbonyl (C=O) groups is 1. The monoisotopic (exact) mass is 343 g/mol. The van der Waals surface area contributed by atoms with Gasteiger partial charge >= 0.3 is 6.18 Å². The number of carbonyl (C=O) groups excluding carboxylic acids is 1. The maximum absolute atomic E-state index is 12.7. The van der Waals surface area contributed by atoms with Crippen LogP contribution in [0.3, 0.4) is 0 Å². The van der Waals surface area contributed by atoms with Gasteiger partial charge < -0.3 is 5.32 Å². The first-order valence-corrected chi connectivity index (χ1v) is 7.08. The summed E-state index contributed by atoms with van der Waals surface area (Å²) in [5.41, 5.74) is -0.346. The molecule has 1 aromatic heterocycles. The molecule has 0 bridgehead atoms. The lowest BCUT2D eigenvalue weighted by Gasteiger charge is -2.11. The van der Waals surface area contributed by atoms with E-state index in [1.807, 2.05) is 13.8 Å². The smallest absolute Gasteiger partial charge is 0.319 e. The van der Waals surface area contributed by atoms with Gasteiger partial charge in [0.05, 0.1) is 22.0 Å². The predicted octanol–water partition coefficient (Wildman–Crippen LogP) is 4.52. The molecule has 1 amide bonds. The molecule has 0 spiro atoms. The molecule has 8 heteroatoms. The van der Waals surface area contributed by atoms with Gasteiger partial charge in [-0.1, -0.05) is 25.4 Å². The summed E-state index contributed by atoms with van der Waals surface area (Å²) < 4.78 is 38.1. The lowest BCUT2D eigenvalue weighted by molar-refractivity contribution is -0.137. The van der Waals surface area contributed by atoms with E-state index in [-0.39, 0.29) is 22.3 Å². The maximum Gasteiger partial charge on any atom is 0.416 e.